The summed E-state index contributed by atoms with van der Waals surface area (Å²) in [6, 6.07) is 6.66. The number of rotatable bonds is 8. The smallest absolute Gasteiger partial charge is 0.338 e. The van der Waals surface area contributed by atoms with E-state index in [0.717, 1.165) is 12.1 Å². The minimum Gasteiger partial charge on any atom is -0.452 e. The third kappa shape index (κ3) is 5.39. The molecule has 0 spiro atoms. The summed E-state index contributed by atoms with van der Waals surface area (Å²) in [4.78, 5) is 24.1. The van der Waals surface area contributed by atoms with E-state index in [0.29, 0.717) is 11.6 Å². The SMILES string of the molecule is CCN(CC)S(=O)(=O)c1cc(C(=O)OCC(=O)Nc2ccc(F)cc2F)ccc1C. The van der Waals surface area contributed by atoms with Crippen molar-refractivity contribution in [2.24, 2.45) is 0 Å². The summed E-state index contributed by atoms with van der Waals surface area (Å²) in [5.74, 6) is -3.52. The molecule has 162 valence electrons. The van der Waals surface area contributed by atoms with Crippen LogP contribution in [0.5, 0.6) is 0 Å². The second-order valence-corrected chi connectivity index (χ2v) is 8.22. The number of hydrogen-bond donors (Lipinski definition) is 1. The Morgan fingerprint density at radius 2 is 1.73 bits per heavy atom. The summed E-state index contributed by atoms with van der Waals surface area (Å²) in [6.07, 6.45) is 0. The summed E-state index contributed by atoms with van der Waals surface area (Å²) >= 11 is 0. The molecule has 2 rings (SSSR count). The Bertz CT molecular complexity index is 1050. The third-order valence-corrected chi connectivity index (χ3v) is 6.48. The van der Waals surface area contributed by atoms with E-state index in [-0.39, 0.29) is 29.2 Å². The van der Waals surface area contributed by atoms with Gasteiger partial charge in [0.15, 0.2) is 6.61 Å². The van der Waals surface area contributed by atoms with Crippen molar-refractivity contribution < 1.29 is 31.5 Å². The molecule has 0 aliphatic heterocycles. The molecule has 0 atom stereocenters. The van der Waals surface area contributed by atoms with E-state index in [4.69, 9.17) is 4.74 Å². The van der Waals surface area contributed by atoms with Gasteiger partial charge in [-0.2, -0.15) is 4.31 Å². The molecule has 0 unspecified atom stereocenters. The number of sulfonamides is 1. The van der Waals surface area contributed by atoms with Gasteiger partial charge in [-0.05, 0) is 36.8 Å². The first kappa shape index (κ1) is 23.4. The number of amides is 1. The standard InChI is InChI=1S/C20H22F2N2O5S/c1-4-24(5-2)30(27,28)18-10-14(7-6-13(18)3)20(26)29-12-19(25)23-17-9-8-15(21)11-16(17)22/h6-11H,4-5,12H2,1-3H3,(H,23,25). The number of benzene rings is 2. The molecule has 0 saturated carbocycles. The number of aryl methyl sites for hydroxylation is 1. The molecule has 0 bridgehead atoms. The lowest BCUT2D eigenvalue weighted by atomic mass is 10.1. The van der Waals surface area contributed by atoms with Gasteiger partial charge in [0.2, 0.25) is 10.0 Å². The Hall–Kier alpha value is -2.85. The molecule has 7 nitrogen and oxygen atoms in total. The van der Waals surface area contributed by atoms with Gasteiger partial charge in [-0.15, -0.1) is 0 Å². The van der Waals surface area contributed by atoms with Crippen molar-refractivity contribution in [3.05, 3.63) is 59.2 Å². The van der Waals surface area contributed by atoms with Crippen molar-refractivity contribution in [3.63, 3.8) is 0 Å². The van der Waals surface area contributed by atoms with Gasteiger partial charge in [-0.1, -0.05) is 19.9 Å². The van der Waals surface area contributed by atoms with Crippen LogP contribution in [0.3, 0.4) is 0 Å². The van der Waals surface area contributed by atoms with Gasteiger partial charge >= 0.3 is 5.97 Å². The van der Waals surface area contributed by atoms with Gasteiger partial charge in [-0.25, -0.2) is 22.0 Å². The molecule has 2 aromatic carbocycles. The second-order valence-electron chi connectivity index (χ2n) is 6.32. The first-order chi connectivity index (χ1) is 14.1. The van der Waals surface area contributed by atoms with Crippen LogP contribution in [0.15, 0.2) is 41.3 Å². The lowest BCUT2D eigenvalue weighted by molar-refractivity contribution is -0.119. The predicted molar refractivity (Wildman–Crippen MR) is 107 cm³/mol. The molecule has 0 fully saturated rings. The minimum atomic E-state index is -3.79. The Morgan fingerprint density at radius 3 is 2.33 bits per heavy atom. The monoisotopic (exact) mass is 440 g/mol. The number of esters is 1. The van der Waals surface area contributed by atoms with Gasteiger partial charge in [-0.3, -0.25) is 4.79 Å². The molecule has 0 aromatic heterocycles. The van der Waals surface area contributed by atoms with Crippen LogP contribution in [-0.4, -0.2) is 44.3 Å². The van der Waals surface area contributed by atoms with Crippen LogP contribution in [0.2, 0.25) is 0 Å². The highest BCUT2D eigenvalue weighted by Gasteiger charge is 2.25. The predicted octanol–water partition coefficient (Wildman–Crippen LogP) is 3.10. The molecule has 1 N–H and O–H groups in total. The molecule has 1 amide bonds. The van der Waals surface area contributed by atoms with Gasteiger partial charge < -0.3 is 10.1 Å². The topological polar surface area (TPSA) is 92.8 Å². The Labute approximate surface area is 173 Å². The van der Waals surface area contributed by atoms with Gasteiger partial charge in [0.25, 0.3) is 5.91 Å². The third-order valence-electron chi connectivity index (χ3n) is 4.29. The number of hydrogen-bond acceptors (Lipinski definition) is 5. The van der Waals surface area contributed by atoms with E-state index in [9.17, 15) is 26.8 Å². The summed E-state index contributed by atoms with van der Waals surface area (Å²) in [7, 11) is -3.79. The molecule has 0 saturated heterocycles. The van der Waals surface area contributed by atoms with Gasteiger partial charge in [0.1, 0.15) is 11.6 Å². The van der Waals surface area contributed by atoms with Crippen molar-refractivity contribution >= 4 is 27.6 Å². The number of anilines is 1. The summed E-state index contributed by atoms with van der Waals surface area (Å²) in [5, 5.41) is 2.16. The Balaban J connectivity index is 2.11. The van der Waals surface area contributed by atoms with Crippen LogP contribution in [0.4, 0.5) is 14.5 Å². The molecule has 0 heterocycles. The maximum absolute atomic E-state index is 13.6. The second kappa shape index (κ2) is 9.77. The maximum Gasteiger partial charge on any atom is 0.338 e. The van der Waals surface area contributed by atoms with Crippen molar-refractivity contribution in [1.29, 1.82) is 0 Å². The van der Waals surface area contributed by atoms with E-state index in [1.54, 1.807) is 20.8 Å². The molecule has 0 aliphatic rings. The fourth-order valence-corrected chi connectivity index (χ4v) is 4.41. The van der Waals surface area contributed by atoms with Crippen LogP contribution in [0, 0.1) is 18.6 Å². The zero-order valence-electron chi connectivity index (χ0n) is 16.7. The van der Waals surface area contributed by atoms with E-state index >= 15 is 0 Å². The van der Waals surface area contributed by atoms with Crippen molar-refractivity contribution in [2.45, 2.75) is 25.7 Å². The number of carbonyl (C=O) groups is 2. The lowest BCUT2D eigenvalue weighted by Gasteiger charge is -2.20. The number of carbonyl (C=O) groups excluding carboxylic acids is 2. The first-order valence-corrected chi connectivity index (χ1v) is 10.6. The average Bonchev–Trinajstić information content (AvgIpc) is 2.69. The minimum absolute atomic E-state index is 0.0292. The molecule has 0 radical (unpaired) electrons. The van der Waals surface area contributed by atoms with Crippen LogP contribution in [0.1, 0.15) is 29.8 Å². The number of nitrogens with one attached hydrogen (secondary N) is 1. The Morgan fingerprint density at radius 1 is 1.07 bits per heavy atom. The number of halogens is 2. The van der Waals surface area contributed by atoms with Gasteiger partial charge in [0.05, 0.1) is 16.1 Å². The Kier molecular flexibility index (Phi) is 7.63. The molecule has 2 aromatic rings. The molecular formula is C20H22F2N2O5S. The highest BCUT2D eigenvalue weighted by molar-refractivity contribution is 7.89. The zero-order valence-corrected chi connectivity index (χ0v) is 17.6. The highest BCUT2D eigenvalue weighted by atomic mass is 32.2. The van der Waals surface area contributed by atoms with Crippen LogP contribution < -0.4 is 5.32 Å². The van der Waals surface area contributed by atoms with Crippen LogP contribution in [-0.2, 0) is 19.6 Å². The fraction of sp³-hybridized carbons (Fsp3) is 0.300. The van der Waals surface area contributed by atoms with Gasteiger partial charge in [0, 0.05) is 19.2 Å². The number of ether oxygens (including phenoxy) is 1. The normalized spacial score (nSPS) is 11.4. The van der Waals surface area contributed by atoms with Crippen LogP contribution in [0.25, 0.3) is 0 Å². The van der Waals surface area contributed by atoms with Crippen LogP contribution >= 0.6 is 0 Å². The summed E-state index contributed by atoms with van der Waals surface area (Å²) < 4.78 is 58.1. The maximum atomic E-state index is 13.6. The average molecular weight is 440 g/mol. The first-order valence-electron chi connectivity index (χ1n) is 9.13. The van der Waals surface area contributed by atoms with E-state index in [2.05, 4.69) is 5.32 Å². The summed E-state index contributed by atoms with van der Waals surface area (Å²) in [6.45, 7) is 4.83. The fourth-order valence-electron chi connectivity index (χ4n) is 2.70. The quantitative estimate of drug-likeness (QED) is 0.637. The molecule has 30 heavy (non-hydrogen) atoms. The lowest BCUT2D eigenvalue weighted by Crippen LogP contribution is -2.31. The number of nitrogens with zero attached hydrogens (tertiary/aromatic N) is 1. The van der Waals surface area contributed by atoms with Crippen molar-refractivity contribution in [1.82, 2.24) is 4.31 Å². The molecular weight excluding hydrogens is 418 g/mol. The molecule has 0 aliphatic carbocycles. The molecule has 10 heteroatoms. The summed E-state index contributed by atoms with van der Waals surface area (Å²) in [5.41, 5.74) is 0.149. The van der Waals surface area contributed by atoms with E-state index < -0.39 is 40.1 Å². The van der Waals surface area contributed by atoms with Crippen molar-refractivity contribution in [3.8, 4) is 0 Å². The van der Waals surface area contributed by atoms with E-state index in [1.165, 1.54) is 22.5 Å². The largest absolute Gasteiger partial charge is 0.452 e. The van der Waals surface area contributed by atoms with E-state index in [1.807, 2.05) is 0 Å². The highest BCUT2D eigenvalue weighted by Crippen LogP contribution is 2.22. The zero-order chi connectivity index (χ0) is 22.5. The van der Waals surface area contributed by atoms with Crippen molar-refractivity contribution in [2.75, 3.05) is 25.0 Å².